The van der Waals surface area contributed by atoms with Crippen LogP contribution in [-0.4, -0.2) is 37.2 Å². The predicted octanol–water partition coefficient (Wildman–Crippen LogP) is 18.0. The third kappa shape index (κ3) is 50.1. The predicted molar refractivity (Wildman–Crippen MR) is 275 cm³/mol. The van der Waals surface area contributed by atoms with Crippen LogP contribution >= 0.6 is 0 Å². The lowest BCUT2D eigenvalue weighted by Crippen LogP contribution is -2.30. The van der Waals surface area contributed by atoms with Crippen LogP contribution in [0, 0.1) is 0 Å². The minimum Gasteiger partial charge on any atom is -0.462 e. The van der Waals surface area contributed by atoms with E-state index in [4.69, 9.17) is 14.2 Å². The van der Waals surface area contributed by atoms with Gasteiger partial charge < -0.3 is 14.2 Å². The molecule has 0 heterocycles. The largest absolute Gasteiger partial charge is 0.462 e. The van der Waals surface area contributed by atoms with Gasteiger partial charge in [0.2, 0.25) is 0 Å². The van der Waals surface area contributed by atoms with Crippen molar-refractivity contribution in [1.82, 2.24) is 0 Å². The molecule has 0 amide bonds. The van der Waals surface area contributed by atoms with Crippen LogP contribution < -0.4 is 0 Å². The molecule has 0 fully saturated rings. The summed E-state index contributed by atoms with van der Waals surface area (Å²) in [4.78, 5) is 38.0. The van der Waals surface area contributed by atoms with E-state index in [1.54, 1.807) is 0 Å². The quantitative estimate of drug-likeness (QED) is 0.0262. The zero-order valence-electron chi connectivity index (χ0n) is 42.3. The zero-order valence-corrected chi connectivity index (χ0v) is 42.3. The van der Waals surface area contributed by atoms with Gasteiger partial charge in [-0.2, -0.15) is 0 Å². The molecule has 0 bridgehead atoms. The molecule has 6 nitrogen and oxygen atoms in total. The van der Waals surface area contributed by atoms with E-state index in [-0.39, 0.29) is 31.1 Å². The van der Waals surface area contributed by atoms with Crippen molar-refractivity contribution in [3.63, 3.8) is 0 Å². The number of rotatable bonds is 49. The number of unbranched alkanes of at least 4 members (excludes halogenated alkanes) is 28. The molecule has 0 saturated carbocycles. The summed E-state index contributed by atoms with van der Waals surface area (Å²) >= 11 is 0. The third-order valence-electron chi connectivity index (χ3n) is 11.7. The standard InChI is InChI=1S/C58H102O6/c1-4-7-10-13-16-19-22-25-27-28-29-30-31-34-36-39-42-45-48-51-57(60)63-54-55(53-62-56(59)50-47-44-41-38-35-32-24-21-18-15-12-9-6-3)64-58(61)52-49-46-43-40-37-33-26-23-20-17-14-11-8-5-2/h16,19,21,23-27,29-30,55H,4-15,17-18,20,22,28,31-54H2,1-3H3/b19-16-,24-21-,26-23-,27-25-,30-29-. The highest BCUT2D eigenvalue weighted by Gasteiger charge is 2.19. The van der Waals surface area contributed by atoms with Crippen molar-refractivity contribution in [2.75, 3.05) is 13.2 Å². The van der Waals surface area contributed by atoms with Crippen LogP contribution in [0.4, 0.5) is 0 Å². The Hall–Kier alpha value is -2.89. The number of hydrogen-bond acceptors (Lipinski definition) is 6. The van der Waals surface area contributed by atoms with E-state index in [9.17, 15) is 14.4 Å². The van der Waals surface area contributed by atoms with E-state index in [0.717, 1.165) is 96.3 Å². The van der Waals surface area contributed by atoms with Crippen LogP contribution in [0.15, 0.2) is 60.8 Å². The highest BCUT2D eigenvalue weighted by Crippen LogP contribution is 2.14. The van der Waals surface area contributed by atoms with Crippen molar-refractivity contribution >= 4 is 17.9 Å². The molecule has 6 heteroatoms. The third-order valence-corrected chi connectivity index (χ3v) is 11.7. The van der Waals surface area contributed by atoms with Crippen LogP contribution in [0.3, 0.4) is 0 Å². The molecule has 0 rings (SSSR count). The molecule has 0 aromatic rings. The fourth-order valence-electron chi connectivity index (χ4n) is 7.56. The van der Waals surface area contributed by atoms with Gasteiger partial charge in [0, 0.05) is 19.3 Å². The Balaban J connectivity index is 4.40. The average Bonchev–Trinajstić information content (AvgIpc) is 3.29. The molecule has 0 saturated heterocycles. The molecule has 370 valence electrons. The highest BCUT2D eigenvalue weighted by molar-refractivity contribution is 5.71. The highest BCUT2D eigenvalue weighted by atomic mass is 16.6. The molecule has 0 aliphatic heterocycles. The van der Waals surface area contributed by atoms with E-state index >= 15 is 0 Å². The zero-order chi connectivity index (χ0) is 46.5. The van der Waals surface area contributed by atoms with Gasteiger partial charge in [-0.3, -0.25) is 14.4 Å². The Labute approximate surface area is 396 Å². The first kappa shape index (κ1) is 61.1. The molecule has 0 spiro atoms. The molecular weight excluding hydrogens is 793 g/mol. The van der Waals surface area contributed by atoms with Crippen LogP contribution in [0.25, 0.3) is 0 Å². The summed E-state index contributed by atoms with van der Waals surface area (Å²) in [6.45, 7) is 6.57. The number of hydrogen-bond donors (Lipinski definition) is 0. The number of carbonyl (C=O) groups is 3. The normalized spacial score (nSPS) is 12.5. The molecule has 0 aliphatic rings. The summed E-state index contributed by atoms with van der Waals surface area (Å²) in [5.41, 5.74) is 0. The number of allylic oxidation sites excluding steroid dienone is 10. The van der Waals surface area contributed by atoms with Gasteiger partial charge in [-0.05, 0) is 109 Å². The second kappa shape index (κ2) is 52.7. The summed E-state index contributed by atoms with van der Waals surface area (Å²) in [6, 6.07) is 0. The SMILES string of the molecule is CCCCC/C=C\C/C=C\C/C=C\CCCCCCCCC(=O)OCC(COC(=O)CCCCCCC/C=C\CCCCCC)OC(=O)CCCCCCC/C=C\CCCCCCC. The van der Waals surface area contributed by atoms with Gasteiger partial charge >= 0.3 is 17.9 Å². The maximum atomic E-state index is 12.8. The second-order valence-corrected chi connectivity index (χ2v) is 18.1. The monoisotopic (exact) mass is 895 g/mol. The van der Waals surface area contributed by atoms with Crippen LogP contribution in [-0.2, 0) is 28.6 Å². The van der Waals surface area contributed by atoms with E-state index in [1.807, 2.05) is 0 Å². The molecule has 1 unspecified atom stereocenters. The van der Waals surface area contributed by atoms with Crippen LogP contribution in [0.5, 0.6) is 0 Å². The van der Waals surface area contributed by atoms with Gasteiger partial charge in [0.05, 0.1) is 0 Å². The summed E-state index contributed by atoms with van der Waals surface area (Å²) in [5.74, 6) is -0.909. The van der Waals surface area contributed by atoms with Crippen molar-refractivity contribution < 1.29 is 28.6 Å². The van der Waals surface area contributed by atoms with Crippen molar-refractivity contribution in [3.8, 4) is 0 Å². The van der Waals surface area contributed by atoms with E-state index in [2.05, 4.69) is 81.5 Å². The Morgan fingerprint density at radius 1 is 0.312 bits per heavy atom. The van der Waals surface area contributed by atoms with Gasteiger partial charge in [0.25, 0.3) is 0 Å². The lowest BCUT2D eigenvalue weighted by Gasteiger charge is -2.18. The van der Waals surface area contributed by atoms with Crippen molar-refractivity contribution in [1.29, 1.82) is 0 Å². The Morgan fingerprint density at radius 2 is 0.562 bits per heavy atom. The molecule has 0 radical (unpaired) electrons. The smallest absolute Gasteiger partial charge is 0.306 e. The summed E-state index contributed by atoms with van der Waals surface area (Å²) < 4.78 is 16.8. The van der Waals surface area contributed by atoms with Gasteiger partial charge in [0.15, 0.2) is 6.10 Å². The number of ether oxygens (including phenoxy) is 3. The van der Waals surface area contributed by atoms with Gasteiger partial charge in [-0.25, -0.2) is 0 Å². The van der Waals surface area contributed by atoms with E-state index < -0.39 is 6.10 Å². The minimum absolute atomic E-state index is 0.0857. The number of carbonyl (C=O) groups excluding carboxylic acids is 3. The average molecular weight is 895 g/mol. The fourth-order valence-corrected chi connectivity index (χ4v) is 7.56. The lowest BCUT2D eigenvalue weighted by atomic mass is 10.1. The van der Waals surface area contributed by atoms with E-state index in [1.165, 1.54) is 135 Å². The minimum atomic E-state index is -0.786. The van der Waals surface area contributed by atoms with Gasteiger partial charge in [-0.1, -0.05) is 204 Å². The van der Waals surface area contributed by atoms with Crippen molar-refractivity contribution in [2.45, 2.75) is 277 Å². The molecule has 64 heavy (non-hydrogen) atoms. The molecule has 0 N–H and O–H groups in total. The molecule has 0 aromatic heterocycles. The molecular formula is C58H102O6. The summed E-state index contributed by atoms with van der Waals surface area (Å²) in [5, 5.41) is 0. The van der Waals surface area contributed by atoms with Gasteiger partial charge in [0.1, 0.15) is 13.2 Å². The first-order valence-electron chi connectivity index (χ1n) is 27.3. The first-order valence-corrected chi connectivity index (χ1v) is 27.3. The molecule has 1 atom stereocenters. The van der Waals surface area contributed by atoms with Crippen LogP contribution in [0.1, 0.15) is 271 Å². The van der Waals surface area contributed by atoms with E-state index in [0.29, 0.717) is 19.3 Å². The van der Waals surface area contributed by atoms with Crippen molar-refractivity contribution in [2.24, 2.45) is 0 Å². The maximum Gasteiger partial charge on any atom is 0.306 e. The van der Waals surface area contributed by atoms with Gasteiger partial charge in [-0.15, -0.1) is 0 Å². The molecule has 0 aliphatic carbocycles. The summed E-state index contributed by atoms with van der Waals surface area (Å²) in [6.07, 6.45) is 64.8. The second-order valence-electron chi connectivity index (χ2n) is 18.1. The topological polar surface area (TPSA) is 78.9 Å². The van der Waals surface area contributed by atoms with Crippen molar-refractivity contribution in [3.05, 3.63) is 60.8 Å². The number of esters is 3. The van der Waals surface area contributed by atoms with Crippen LogP contribution in [0.2, 0.25) is 0 Å². The Kier molecular flexibility index (Phi) is 50.4. The Bertz CT molecular complexity index is 1170. The summed E-state index contributed by atoms with van der Waals surface area (Å²) in [7, 11) is 0. The first-order chi connectivity index (χ1) is 31.5. The fraction of sp³-hybridized carbons (Fsp3) is 0.776. The molecule has 0 aromatic carbocycles. The maximum absolute atomic E-state index is 12.8. The lowest BCUT2D eigenvalue weighted by molar-refractivity contribution is -0.167. The Morgan fingerprint density at radius 3 is 0.938 bits per heavy atom.